The third-order valence-electron chi connectivity index (χ3n) is 2.21. The number of rotatable bonds is 0. The van der Waals surface area contributed by atoms with Crippen molar-refractivity contribution in [2.45, 2.75) is 0 Å². The smallest absolute Gasteiger partial charge is 0.191 e. The highest BCUT2D eigenvalue weighted by Gasteiger charge is 2.04. The number of hydrogen-bond acceptors (Lipinski definition) is 3. The van der Waals surface area contributed by atoms with Gasteiger partial charge in [-0.05, 0) is 30.4 Å². The van der Waals surface area contributed by atoms with E-state index >= 15 is 0 Å². The maximum Gasteiger partial charge on any atom is 0.191 e. The molecule has 0 unspecified atom stereocenters. The minimum atomic E-state index is 0.474. The summed E-state index contributed by atoms with van der Waals surface area (Å²) in [7, 11) is 0. The standard InChI is InChI=1S/C11H6O2S/c14-9-4-3-7-1-2-8-5-6-12-10(8)11(7)13-9/h1-6H. The van der Waals surface area contributed by atoms with Crippen molar-refractivity contribution in [3.05, 3.63) is 41.3 Å². The van der Waals surface area contributed by atoms with E-state index < -0.39 is 0 Å². The summed E-state index contributed by atoms with van der Waals surface area (Å²) in [6, 6.07) is 9.60. The molecule has 0 fully saturated rings. The van der Waals surface area contributed by atoms with Crippen LogP contribution in [-0.2, 0) is 0 Å². The van der Waals surface area contributed by atoms with Crippen molar-refractivity contribution in [2.24, 2.45) is 0 Å². The van der Waals surface area contributed by atoms with Crippen LogP contribution in [0.3, 0.4) is 0 Å². The fourth-order valence-corrected chi connectivity index (χ4v) is 1.70. The summed E-state index contributed by atoms with van der Waals surface area (Å²) in [5.74, 6) is 0. The summed E-state index contributed by atoms with van der Waals surface area (Å²) < 4.78 is 11.3. The molecule has 3 aromatic rings. The Morgan fingerprint density at radius 2 is 1.57 bits per heavy atom. The zero-order valence-electron chi connectivity index (χ0n) is 7.19. The molecule has 0 N–H and O–H groups in total. The molecule has 3 rings (SSSR count). The molecule has 14 heavy (non-hydrogen) atoms. The molecule has 0 saturated carbocycles. The lowest BCUT2D eigenvalue weighted by molar-refractivity contribution is 0.565. The predicted octanol–water partition coefficient (Wildman–Crippen LogP) is 3.91. The Kier molecular flexibility index (Phi) is 1.49. The van der Waals surface area contributed by atoms with E-state index in [1.54, 1.807) is 12.3 Å². The van der Waals surface area contributed by atoms with Gasteiger partial charge < -0.3 is 8.83 Å². The van der Waals surface area contributed by atoms with Gasteiger partial charge >= 0.3 is 0 Å². The van der Waals surface area contributed by atoms with E-state index in [0.717, 1.165) is 21.9 Å². The highest BCUT2D eigenvalue weighted by Crippen LogP contribution is 2.25. The van der Waals surface area contributed by atoms with Crippen molar-refractivity contribution in [3.63, 3.8) is 0 Å². The first kappa shape index (κ1) is 7.76. The molecule has 0 spiro atoms. The summed E-state index contributed by atoms with van der Waals surface area (Å²) in [4.78, 5) is 0. The highest BCUT2D eigenvalue weighted by atomic mass is 32.1. The van der Waals surface area contributed by atoms with Crippen LogP contribution < -0.4 is 0 Å². The zero-order chi connectivity index (χ0) is 9.54. The first-order valence-corrected chi connectivity index (χ1v) is 4.65. The third-order valence-corrected chi connectivity index (χ3v) is 2.43. The fourth-order valence-electron chi connectivity index (χ4n) is 1.55. The van der Waals surface area contributed by atoms with Crippen LogP contribution in [0.4, 0.5) is 0 Å². The molecule has 2 heterocycles. The predicted molar refractivity (Wildman–Crippen MR) is 56.8 cm³/mol. The van der Waals surface area contributed by atoms with Gasteiger partial charge in [-0.3, -0.25) is 0 Å². The summed E-state index contributed by atoms with van der Waals surface area (Å²) in [6.45, 7) is 0. The van der Waals surface area contributed by atoms with Gasteiger partial charge in [-0.25, -0.2) is 0 Å². The Balaban J connectivity index is 2.66. The number of fused-ring (bicyclic) bond motifs is 3. The summed E-state index contributed by atoms with van der Waals surface area (Å²) in [6.07, 6.45) is 1.65. The second-order valence-electron chi connectivity index (χ2n) is 3.08. The lowest BCUT2D eigenvalue weighted by atomic mass is 10.2. The van der Waals surface area contributed by atoms with E-state index in [4.69, 9.17) is 21.1 Å². The maximum atomic E-state index is 5.45. The Bertz CT molecular complexity index is 663. The van der Waals surface area contributed by atoms with Gasteiger partial charge in [-0.15, -0.1) is 0 Å². The van der Waals surface area contributed by atoms with Gasteiger partial charge in [0.15, 0.2) is 15.9 Å². The SMILES string of the molecule is S=c1ccc2ccc3ccoc3c2o1. The average Bonchev–Trinajstić information content (AvgIpc) is 2.65. The van der Waals surface area contributed by atoms with E-state index in [9.17, 15) is 0 Å². The molecule has 2 aromatic heterocycles. The Morgan fingerprint density at radius 3 is 2.43 bits per heavy atom. The second kappa shape index (κ2) is 2.69. The maximum absolute atomic E-state index is 5.45. The molecule has 0 bridgehead atoms. The Hall–Kier alpha value is -1.61. The molecule has 0 aliphatic heterocycles. The van der Waals surface area contributed by atoms with Crippen LogP contribution in [0.2, 0.25) is 0 Å². The van der Waals surface area contributed by atoms with Crippen LogP contribution in [-0.4, -0.2) is 0 Å². The Labute approximate surface area is 84.8 Å². The van der Waals surface area contributed by atoms with Crippen LogP contribution >= 0.6 is 12.2 Å². The number of furan rings is 1. The molecule has 0 saturated heterocycles. The minimum absolute atomic E-state index is 0.474. The third kappa shape index (κ3) is 0.992. The first-order valence-electron chi connectivity index (χ1n) is 4.25. The second-order valence-corrected chi connectivity index (χ2v) is 3.48. The van der Waals surface area contributed by atoms with Crippen LogP contribution in [0, 0.1) is 4.71 Å². The topological polar surface area (TPSA) is 26.3 Å². The zero-order valence-corrected chi connectivity index (χ0v) is 8.01. The molecule has 2 nitrogen and oxygen atoms in total. The van der Waals surface area contributed by atoms with Crippen molar-refractivity contribution in [1.82, 2.24) is 0 Å². The number of benzene rings is 1. The normalized spacial score (nSPS) is 11.1. The fraction of sp³-hybridized carbons (Fsp3) is 0. The van der Waals surface area contributed by atoms with E-state index in [0.29, 0.717) is 4.71 Å². The summed E-state index contributed by atoms with van der Waals surface area (Å²) in [5, 5.41) is 2.03. The molecular formula is C11H6O2S. The molecule has 3 heteroatoms. The van der Waals surface area contributed by atoms with E-state index in [-0.39, 0.29) is 0 Å². The van der Waals surface area contributed by atoms with E-state index in [2.05, 4.69) is 0 Å². The summed E-state index contributed by atoms with van der Waals surface area (Å²) in [5.41, 5.74) is 1.48. The van der Waals surface area contributed by atoms with Gasteiger partial charge in [0.1, 0.15) is 0 Å². The van der Waals surface area contributed by atoms with Gasteiger partial charge in [-0.2, -0.15) is 0 Å². The molecule has 68 valence electrons. The molecule has 0 amide bonds. The van der Waals surface area contributed by atoms with Crippen LogP contribution in [0.15, 0.2) is 45.4 Å². The van der Waals surface area contributed by atoms with Crippen molar-refractivity contribution in [3.8, 4) is 0 Å². The van der Waals surface area contributed by atoms with Crippen molar-refractivity contribution < 1.29 is 8.83 Å². The molecule has 0 atom stereocenters. The van der Waals surface area contributed by atoms with Crippen molar-refractivity contribution in [1.29, 1.82) is 0 Å². The van der Waals surface area contributed by atoms with E-state index in [1.165, 1.54) is 0 Å². The highest BCUT2D eigenvalue weighted by molar-refractivity contribution is 7.71. The molecule has 0 radical (unpaired) electrons. The van der Waals surface area contributed by atoms with Crippen molar-refractivity contribution in [2.75, 3.05) is 0 Å². The monoisotopic (exact) mass is 202 g/mol. The number of hydrogen-bond donors (Lipinski definition) is 0. The first-order chi connectivity index (χ1) is 6.84. The quantitative estimate of drug-likeness (QED) is 0.517. The molecule has 0 aliphatic carbocycles. The van der Waals surface area contributed by atoms with Crippen molar-refractivity contribution >= 4 is 34.2 Å². The van der Waals surface area contributed by atoms with E-state index in [1.807, 2.05) is 24.3 Å². The summed E-state index contributed by atoms with van der Waals surface area (Å²) >= 11 is 4.97. The van der Waals surface area contributed by atoms with Gasteiger partial charge in [0.05, 0.1) is 6.26 Å². The van der Waals surface area contributed by atoms with Gasteiger partial charge in [0.25, 0.3) is 0 Å². The van der Waals surface area contributed by atoms with Gasteiger partial charge in [0, 0.05) is 10.8 Å². The lowest BCUT2D eigenvalue weighted by Crippen LogP contribution is -1.73. The van der Waals surface area contributed by atoms with Gasteiger partial charge in [-0.1, -0.05) is 12.1 Å². The minimum Gasteiger partial charge on any atom is -0.460 e. The van der Waals surface area contributed by atoms with Crippen LogP contribution in [0.25, 0.3) is 21.9 Å². The largest absolute Gasteiger partial charge is 0.460 e. The molecule has 1 aromatic carbocycles. The Morgan fingerprint density at radius 1 is 0.857 bits per heavy atom. The molecular weight excluding hydrogens is 196 g/mol. The average molecular weight is 202 g/mol. The lowest BCUT2D eigenvalue weighted by Gasteiger charge is -1.96. The molecule has 0 aliphatic rings. The van der Waals surface area contributed by atoms with Crippen LogP contribution in [0.5, 0.6) is 0 Å². The van der Waals surface area contributed by atoms with Crippen LogP contribution in [0.1, 0.15) is 0 Å². The van der Waals surface area contributed by atoms with Gasteiger partial charge in [0.2, 0.25) is 0 Å².